The van der Waals surface area contributed by atoms with Crippen LogP contribution in [0.25, 0.3) is 0 Å². The van der Waals surface area contributed by atoms with Gasteiger partial charge in [0.15, 0.2) is 5.17 Å². The van der Waals surface area contributed by atoms with Crippen molar-refractivity contribution in [2.24, 2.45) is 10.7 Å². The highest BCUT2D eigenvalue weighted by Gasteiger charge is 2.09. The number of alkyl halides is 1. The second kappa shape index (κ2) is 2.60. The zero-order valence-electron chi connectivity index (χ0n) is 4.30. The molecule has 0 spiro atoms. The molecule has 1 unspecified atom stereocenters. The van der Waals surface area contributed by atoms with Crippen molar-refractivity contribution in [3.8, 4) is 0 Å². The first kappa shape index (κ1) is 6.23. The Kier molecular flexibility index (Phi) is 2.02. The minimum absolute atomic E-state index is 0.187. The Labute approximate surface area is 57.5 Å². The van der Waals surface area contributed by atoms with Gasteiger partial charge in [0.2, 0.25) is 0 Å². The number of nitrogens with two attached hydrogens (primary N) is 1. The molecule has 1 rings (SSSR count). The standard InChI is InChI=1S/C4H7ClN2S/c5-3-1-7-4(6)8-2-3/h3H,1-2H2,(H2,6,7)/i8+3. The molecule has 2 nitrogen and oxygen atoms in total. The minimum Gasteiger partial charge on any atom is -0.379 e. The second-order valence-corrected chi connectivity index (χ2v) is 3.24. The third-order valence-corrected chi connectivity index (χ3v) is 2.33. The molecule has 0 radical (unpaired) electrons. The molecule has 46 valence electrons. The van der Waals surface area contributed by atoms with Crippen molar-refractivity contribution in [1.29, 1.82) is 0 Å². The maximum Gasteiger partial charge on any atom is 0.153 e. The van der Waals surface area contributed by atoms with E-state index in [4.69, 9.17) is 17.3 Å². The van der Waals surface area contributed by atoms with E-state index in [1.165, 1.54) is 11.8 Å². The highest BCUT2D eigenvalue weighted by Crippen LogP contribution is 2.13. The Bertz CT molecular complexity index is 115. The zero-order valence-corrected chi connectivity index (χ0v) is 5.87. The molecule has 0 amide bonds. The van der Waals surface area contributed by atoms with Gasteiger partial charge in [0.1, 0.15) is 0 Å². The van der Waals surface area contributed by atoms with Crippen molar-refractivity contribution >= 4 is 28.5 Å². The van der Waals surface area contributed by atoms with Crippen LogP contribution in [0.15, 0.2) is 4.99 Å². The maximum atomic E-state index is 5.70. The molecule has 0 aromatic rings. The number of amidine groups is 1. The molecule has 1 atom stereocenters. The van der Waals surface area contributed by atoms with E-state index in [-0.39, 0.29) is 5.38 Å². The summed E-state index contributed by atoms with van der Waals surface area (Å²) in [4.78, 5) is 3.94. The van der Waals surface area contributed by atoms with Crippen molar-refractivity contribution in [1.82, 2.24) is 0 Å². The van der Waals surface area contributed by atoms with E-state index in [0.717, 1.165) is 5.75 Å². The first-order chi connectivity index (χ1) is 3.79. The van der Waals surface area contributed by atoms with Gasteiger partial charge in [0.05, 0.1) is 11.9 Å². The fraction of sp³-hybridized carbons (Fsp3) is 0.750. The quantitative estimate of drug-likeness (QED) is 0.519. The molecule has 0 aromatic heterocycles. The van der Waals surface area contributed by atoms with Crippen LogP contribution in [0.2, 0.25) is 0 Å². The van der Waals surface area contributed by atoms with Crippen LogP contribution in [0.5, 0.6) is 0 Å². The summed E-state index contributed by atoms with van der Waals surface area (Å²) in [6.45, 7) is 0.681. The van der Waals surface area contributed by atoms with Crippen molar-refractivity contribution in [3.05, 3.63) is 0 Å². The lowest BCUT2D eigenvalue weighted by atomic mass is 10.5. The SMILES string of the molecule is NC1=NCC(Cl)C[35S]1. The van der Waals surface area contributed by atoms with Crippen LogP contribution in [-0.2, 0) is 0 Å². The number of hydrogen-bond donors (Lipinski definition) is 1. The molecule has 0 saturated heterocycles. The predicted molar refractivity (Wildman–Crippen MR) is 38.6 cm³/mol. The molecule has 0 aromatic carbocycles. The zero-order chi connectivity index (χ0) is 5.98. The van der Waals surface area contributed by atoms with E-state index in [1.54, 1.807) is 0 Å². The molecule has 8 heavy (non-hydrogen) atoms. The molecular formula is C4H7ClN2S. The van der Waals surface area contributed by atoms with Gasteiger partial charge < -0.3 is 5.73 Å². The fourth-order valence-electron chi connectivity index (χ4n) is 0.463. The van der Waals surface area contributed by atoms with Gasteiger partial charge in [-0.1, -0.05) is 11.8 Å². The predicted octanol–water partition coefficient (Wildman–Crippen LogP) is 0.655. The van der Waals surface area contributed by atoms with E-state index < -0.39 is 0 Å². The van der Waals surface area contributed by atoms with Gasteiger partial charge in [-0.15, -0.1) is 11.6 Å². The van der Waals surface area contributed by atoms with Crippen LogP contribution in [0.3, 0.4) is 0 Å². The Morgan fingerprint density at radius 3 is 3.00 bits per heavy atom. The molecule has 1 aliphatic heterocycles. The van der Waals surface area contributed by atoms with Crippen LogP contribution in [0.4, 0.5) is 0 Å². The van der Waals surface area contributed by atoms with E-state index in [1.807, 2.05) is 0 Å². The number of halogens is 1. The Balaban J connectivity index is 2.42. The van der Waals surface area contributed by atoms with Gasteiger partial charge in [0.25, 0.3) is 0 Å². The smallest absolute Gasteiger partial charge is 0.153 e. The summed E-state index contributed by atoms with van der Waals surface area (Å²) >= 11 is 7.22. The largest absolute Gasteiger partial charge is 0.379 e. The highest BCUT2D eigenvalue weighted by atomic mass is 35.5. The molecule has 1 aliphatic rings. The molecule has 2 N–H and O–H groups in total. The van der Waals surface area contributed by atoms with Crippen molar-refractivity contribution in [3.63, 3.8) is 0 Å². The topological polar surface area (TPSA) is 38.4 Å². The van der Waals surface area contributed by atoms with Crippen LogP contribution >= 0.6 is 23.4 Å². The molecule has 0 saturated carbocycles. The van der Waals surface area contributed by atoms with E-state index >= 15 is 0 Å². The number of thioether (sulfide) groups is 1. The average molecular weight is 154 g/mol. The lowest BCUT2D eigenvalue weighted by Gasteiger charge is -2.10. The minimum atomic E-state index is 0.187. The summed E-state index contributed by atoms with van der Waals surface area (Å²) in [5.41, 5.74) is 5.35. The van der Waals surface area contributed by atoms with Crippen LogP contribution in [-0.4, -0.2) is 22.8 Å². The van der Waals surface area contributed by atoms with Gasteiger partial charge in [-0.25, -0.2) is 0 Å². The second-order valence-electron chi connectivity index (χ2n) is 1.59. The Morgan fingerprint density at radius 1 is 1.88 bits per heavy atom. The number of hydrogen-bond acceptors (Lipinski definition) is 3. The summed E-state index contributed by atoms with van der Waals surface area (Å²) in [7, 11) is 0. The van der Waals surface area contributed by atoms with Crippen molar-refractivity contribution in [2.75, 3.05) is 12.3 Å². The van der Waals surface area contributed by atoms with Crippen LogP contribution in [0.1, 0.15) is 0 Å². The summed E-state index contributed by atoms with van der Waals surface area (Å²) in [5, 5.41) is 0.856. The normalized spacial score (nSPS) is 29.6. The highest BCUT2D eigenvalue weighted by molar-refractivity contribution is 8.13. The van der Waals surface area contributed by atoms with Crippen LogP contribution in [0, 0.1) is 0 Å². The lowest BCUT2D eigenvalue weighted by molar-refractivity contribution is 0.945. The van der Waals surface area contributed by atoms with Crippen LogP contribution < -0.4 is 5.73 Å². The average Bonchev–Trinajstić information content (AvgIpc) is 1.77. The van der Waals surface area contributed by atoms with Gasteiger partial charge in [-0.3, -0.25) is 4.99 Å². The lowest BCUT2D eigenvalue weighted by Crippen LogP contribution is -2.20. The van der Waals surface area contributed by atoms with Crippen molar-refractivity contribution in [2.45, 2.75) is 5.38 Å². The summed E-state index contributed by atoms with van der Waals surface area (Å²) in [5.74, 6) is 0.900. The van der Waals surface area contributed by atoms with E-state index in [9.17, 15) is 0 Å². The summed E-state index contributed by atoms with van der Waals surface area (Å²) < 4.78 is 0. The molecule has 0 fully saturated rings. The van der Waals surface area contributed by atoms with E-state index in [2.05, 4.69) is 4.99 Å². The summed E-state index contributed by atoms with van der Waals surface area (Å²) in [6.07, 6.45) is 0. The first-order valence-electron chi connectivity index (χ1n) is 2.36. The van der Waals surface area contributed by atoms with Gasteiger partial charge in [-0.05, 0) is 0 Å². The maximum absolute atomic E-state index is 5.70. The molecule has 4 heteroatoms. The molecule has 1 heterocycles. The van der Waals surface area contributed by atoms with E-state index in [0.29, 0.717) is 11.7 Å². The third-order valence-electron chi connectivity index (χ3n) is 0.857. The van der Waals surface area contributed by atoms with Crippen molar-refractivity contribution < 1.29 is 0 Å². The first-order valence-corrected chi connectivity index (χ1v) is 3.78. The van der Waals surface area contributed by atoms with Gasteiger partial charge in [0, 0.05) is 5.75 Å². The fourth-order valence-corrected chi connectivity index (χ4v) is 1.34. The Hall–Kier alpha value is 0.110. The monoisotopic (exact) mass is 153 g/mol. The summed E-state index contributed by atoms with van der Waals surface area (Å²) in [6, 6.07) is 0. The number of aliphatic imine (C=N–C) groups is 1. The Morgan fingerprint density at radius 2 is 2.62 bits per heavy atom. The number of nitrogens with zero attached hydrogens (tertiary/aromatic N) is 1. The molecular weight excluding hydrogens is 146 g/mol. The molecule has 0 bridgehead atoms. The number of rotatable bonds is 0. The molecule has 0 aliphatic carbocycles. The van der Waals surface area contributed by atoms with Gasteiger partial charge >= 0.3 is 0 Å². The van der Waals surface area contributed by atoms with Gasteiger partial charge in [-0.2, -0.15) is 0 Å². The third kappa shape index (κ3) is 1.56.